The number of fused-ring (bicyclic) bond motifs is 1. The minimum atomic E-state index is -1.29. The standard InChI is InChI=1S/C36H43N5O7/c1-24(2)16-17-27(21-42)18-33(43)48-39-34(44)31(38-36(46)47-22-26-10-5-4-6-11-26)19-29-20-40(35(45)25(3)37)23-41(29)32-15-9-13-28-12-7-8-14-30(28)32/h4-15,20-21,24-25,27,31H,16-19,22-23,37H2,1-3H3,(H,38,46)(H,39,44)/t25-,27-,31?/m0/s1. The zero-order valence-electron chi connectivity index (χ0n) is 27.5. The lowest BCUT2D eigenvalue weighted by atomic mass is 9.96. The number of rotatable bonds is 14. The molecule has 12 nitrogen and oxygen atoms in total. The summed E-state index contributed by atoms with van der Waals surface area (Å²) >= 11 is 0. The van der Waals surface area contributed by atoms with E-state index in [0.717, 1.165) is 28.4 Å². The average molecular weight is 658 g/mol. The molecule has 0 bridgehead atoms. The molecular formula is C36H43N5O7. The molecule has 0 aromatic heterocycles. The van der Waals surface area contributed by atoms with Gasteiger partial charge in [0.15, 0.2) is 0 Å². The Morgan fingerprint density at radius 3 is 2.35 bits per heavy atom. The van der Waals surface area contributed by atoms with Crippen LogP contribution >= 0.6 is 0 Å². The number of anilines is 1. The molecule has 4 N–H and O–H groups in total. The molecule has 3 aromatic rings. The van der Waals surface area contributed by atoms with E-state index >= 15 is 0 Å². The molecular weight excluding hydrogens is 614 g/mol. The summed E-state index contributed by atoms with van der Waals surface area (Å²) in [5, 5.41) is 4.46. The molecule has 1 aliphatic heterocycles. The maximum absolute atomic E-state index is 13.5. The van der Waals surface area contributed by atoms with Crippen LogP contribution in [0.3, 0.4) is 0 Å². The van der Waals surface area contributed by atoms with Crippen LogP contribution in [0.4, 0.5) is 10.5 Å². The molecule has 12 heteroatoms. The molecule has 0 saturated heterocycles. The lowest BCUT2D eigenvalue weighted by molar-refractivity contribution is -0.160. The van der Waals surface area contributed by atoms with Crippen LogP contribution in [0, 0.1) is 11.8 Å². The Morgan fingerprint density at radius 1 is 0.938 bits per heavy atom. The first-order valence-electron chi connectivity index (χ1n) is 16.0. The zero-order valence-corrected chi connectivity index (χ0v) is 27.5. The Balaban J connectivity index is 1.56. The zero-order chi connectivity index (χ0) is 34.6. The summed E-state index contributed by atoms with van der Waals surface area (Å²) in [7, 11) is 0. The van der Waals surface area contributed by atoms with Gasteiger partial charge < -0.3 is 30.3 Å². The van der Waals surface area contributed by atoms with Crippen molar-refractivity contribution in [1.29, 1.82) is 0 Å². The molecule has 1 aliphatic rings. The van der Waals surface area contributed by atoms with Crippen molar-refractivity contribution >= 4 is 46.6 Å². The minimum absolute atomic E-state index is 0.0407. The van der Waals surface area contributed by atoms with Crippen LogP contribution in [0.1, 0.15) is 52.0 Å². The fourth-order valence-electron chi connectivity index (χ4n) is 5.29. The van der Waals surface area contributed by atoms with Crippen LogP contribution < -0.4 is 21.4 Å². The number of nitrogens with zero attached hydrogens (tertiary/aromatic N) is 2. The molecule has 1 unspecified atom stereocenters. The van der Waals surface area contributed by atoms with Gasteiger partial charge in [-0.05, 0) is 36.3 Å². The fraction of sp³-hybridized carbons (Fsp3) is 0.361. The number of hydroxylamine groups is 1. The number of hydrogen-bond acceptors (Lipinski definition) is 9. The average Bonchev–Trinajstić information content (AvgIpc) is 3.50. The van der Waals surface area contributed by atoms with Gasteiger partial charge in [0, 0.05) is 29.6 Å². The summed E-state index contributed by atoms with van der Waals surface area (Å²) in [5.74, 6) is -2.15. The maximum atomic E-state index is 13.5. The number of carbonyl (C=O) groups is 5. The number of carbonyl (C=O) groups excluding carboxylic acids is 5. The third kappa shape index (κ3) is 9.88. The number of alkyl carbamates (subject to hydrolysis) is 1. The van der Waals surface area contributed by atoms with Crippen molar-refractivity contribution < 1.29 is 33.5 Å². The third-order valence-electron chi connectivity index (χ3n) is 7.91. The van der Waals surface area contributed by atoms with Crippen LogP contribution in [0.5, 0.6) is 0 Å². The molecule has 0 spiro atoms. The number of benzene rings is 3. The van der Waals surface area contributed by atoms with E-state index in [1.807, 2.05) is 79.4 Å². The van der Waals surface area contributed by atoms with Crippen molar-refractivity contribution in [3.63, 3.8) is 0 Å². The molecule has 0 fully saturated rings. The summed E-state index contributed by atoms with van der Waals surface area (Å²) < 4.78 is 5.38. The molecule has 0 saturated carbocycles. The van der Waals surface area contributed by atoms with Gasteiger partial charge in [-0.25, -0.2) is 9.59 Å². The highest BCUT2D eigenvalue weighted by molar-refractivity contribution is 5.96. The van der Waals surface area contributed by atoms with Crippen molar-refractivity contribution in [2.24, 2.45) is 17.6 Å². The first-order chi connectivity index (χ1) is 23.0. The first kappa shape index (κ1) is 35.6. The molecule has 254 valence electrons. The van der Waals surface area contributed by atoms with Gasteiger partial charge in [-0.3, -0.25) is 14.5 Å². The molecule has 0 radical (unpaired) electrons. The Morgan fingerprint density at radius 2 is 1.65 bits per heavy atom. The topological polar surface area (TPSA) is 160 Å². The smallest absolute Gasteiger partial charge is 0.408 e. The third-order valence-corrected chi connectivity index (χ3v) is 7.91. The quantitative estimate of drug-likeness (QED) is 0.167. The molecule has 1 heterocycles. The van der Waals surface area contributed by atoms with Crippen LogP contribution in [0.25, 0.3) is 10.8 Å². The number of amides is 3. The highest BCUT2D eigenvalue weighted by Gasteiger charge is 2.33. The van der Waals surface area contributed by atoms with E-state index in [0.29, 0.717) is 24.3 Å². The second-order valence-corrected chi connectivity index (χ2v) is 12.3. The summed E-state index contributed by atoms with van der Waals surface area (Å²) in [5.41, 5.74) is 10.1. The van der Waals surface area contributed by atoms with E-state index in [4.69, 9.17) is 15.3 Å². The van der Waals surface area contributed by atoms with Gasteiger partial charge >= 0.3 is 12.1 Å². The summed E-state index contributed by atoms with van der Waals surface area (Å²) in [6.45, 7) is 5.70. The lowest BCUT2D eigenvalue weighted by Crippen LogP contribution is -2.48. The second kappa shape index (κ2) is 17.1. The van der Waals surface area contributed by atoms with Gasteiger partial charge in [-0.2, -0.15) is 5.48 Å². The number of nitrogens with one attached hydrogen (secondary N) is 2. The molecule has 3 atom stereocenters. The fourth-order valence-corrected chi connectivity index (χ4v) is 5.29. The van der Waals surface area contributed by atoms with E-state index in [9.17, 15) is 24.0 Å². The summed E-state index contributed by atoms with van der Waals surface area (Å²) in [4.78, 5) is 72.0. The monoisotopic (exact) mass is 657 g/mol. The van der Waals surface area contributed by atoms with Gasteiger partial charge in [0.05, 0.1) is 18.2 Å². The Labute approximate surface area is 280 Å². The van der Waals surface area contributed by atoms with Crippen molar-refractivity contribution in [1.82, 2.24) is 15.7 Å². The van der Waals surface area contributed by atoms with Gasteiger partial charge in [-0.1, -0.05) is 87.0 Å². The maximum Gasteiger partial charge on any atom is 0.408 e. The van der Waals surface area contributed by atoms with E-state index in [2.05, 4.69) is 10.8 Å². The van der Waals surface area contributed by atoms with E-state index in [1.165, 1.54) is 4.90 Å². The number of hydrogen-bond donors (Lipinski definition) is 3. The van der Waals surface area contributed by atoms with Crippen molar-refractivity contribution in [2.75, 3.05) is 11.6 Å². The highest BCUT2D eigenvalue weighted by atomic mass is 16.7. The van der Waals surface area contributed by atoms with E-state index in [-0.39, 0.29) is 32.0 Å². The largest absolute Gasteiger partial charge is 0.445 e. The highest BCUT2D eigenvalue weighted by Crippen LogP contribution is 2.34. The van der Waals surface area contributed by atoms with Crippen LogP contribution in [0.15, 0.2) is 84.7 Å². The van der Waals surface area contributed by atoms with E-state index in [1.54, 1.807) is 25.3 Å². The Hall–Kier alpha value is -5.23. The predicted molar refractivity (Wildman–Crippen MR) is 181 cm³/mol. The van der Waals surface area contributed by atoms with E-state index < -0.39 is 36.0 Å². The molecule has 3 aromatic carbocycles. The lowest BCUT2D eigenvalue weighted by Gasteiger charge is -2.27. The van der Waals surface area contributed by atoms with Crippen LogP contribution in [0.2, 0.25) is 0 Å². The second-order valence-electron chi connectivity index (χ2n) is 12.3. The summed E-state index contributed by atoms with van der Waals surface area (Å²) in [6.07, 6.45) is 2.38. The molecule has 48 heavy (non-hydrogen) atoms. The van der Waals surface area contributed by atoms with Gasteiger partial charge in [0.1, 0.15) is 25.6 Å². The number of nitrogens with two attached hydrogens (primary N) is 1. The molecule has 0 aliphatic carbocycles. The van der Waals surface area contributed by atoms with Crippen molar-refractivity contribution in [2.45, 2.75) is 65.1 Å². The van der Waals surface area contributed by atoms with Gasteiger partial charge in [0.2, 0.25) is 5.91 Å². The number of ether oxygens (including phenoxy) is 1. The number of aldehydes is 1. The van der Waals surface area contributed by atoms with Gasteiger partial charge in [0.25, 0.3) is 5.91 Å². The molecule has 4 rings (SSSR count). The first-order valence-corrected chi connectivity index (χ1v) is 16.0. The van der Waals surface area contributed by atoms with Crippen LogP contribution in [-0.2, 0) is 35.4 Å². The SMILES string of the molecule is CC(C)CC[C@H](C=O)CC(=O)ONC(=O)C(CC1=CN(C(=O)[C@H](C)N)CN1c1cccc2ccccc12)NC(=O)OCc1ccccc1. The Bertz CT molecular complexity index is 1620. The predicted octanol–water partition coefficient (Wildman–Crippen LogP) is 4.54. The Kier molecular flexibility index (Phi) is 12.7. The van der Waals surface area contributed by atoms with Crippen molar-refractivity contribution in [3.8, 4) is 0 Å². The van der Waals surface area contributed by atoms with Crippen molar-refractivity contribution in [3.05, 3.63) is 90.3 Å². The molecule has 3 amide bonds. The van der Waals surface area contributed by atoms with Gasteiger partial charge in [-0.15, -0.1) is 0 Å². The minimum Gasteiger partial charge on any atom is -0.445 e. The summed E-state index contributed by atoms with van der Waals surface area (Å²) in [6, 6.07) is 20.5. The van der Waals surface area contributed by atoms with Crippen LogP contribution in [-0.4, -0.2) is 53.8 Å². The normalized spacial score (nSPS) is 14.6.